The number of hydrogen-bond donors (Lipinski definition) is 1. The highest BCUT2D eigenvalue weighted by molar-refractivity contribution is 7.99. The Morgan fingerprint density at radius 2 is 1.75 bits per heavy atom. The molecule has 1 N–H and O–H groups in total. The monoisotopic (exact) mass is 314 g/mol. The Morgan fingerprint density at radius 3 is 2.20 bits per heavy atom. The average Bonchev–Trinajstić information content (AvgIpc) is 2.65. The predicted molar refractivity (Wildman–Crippen MR) is 93.8 cm³/mol. The molecule has 0 aromatic carbocycles. The van der Waals surface area contributed by atoms with Gasteiger partial charge in [0, 0.05) is 27.5 Å². The lowest BCUT2D eigenvalue weighted by molar-refractivity contribution is 0.425. The first-order valence-electron chi connectivity index (χ1n) is 7.35. The van der Waals surface area contributed by atoms with Crippen molar-refractivity contribution >= 4 is 23.1 Å². The third-order valence-corrected chi connectivity index (χ3v) is 5.26. The van der Waals surface area contributed by atoms with Crippen LogP contribution < -0.4 is 5.32 Å². The molecule has 0 spiro atoms. The number of hydrogen-bond acceptors (Lipinski definition) is 4. The summed E-state index contributed by atoms with van der Waals surface area (Å²) >= 11 is 3.85. The van der Waals surface area contributed by atoms with Crippen LogP contribution in [0.5, 0.6) is 0 Å². The van der Waals surface area contributed by atoms with Crippen LogP contribution in [0, 0.1) is 0 Å². The molecule has 0 amide bonds. The predicted octanol–water partition coefficient (Wildman–Crippen LogP) is 5.19. The minimum Gasteiger partial charge on any atom is -0.307 e. The Hall–Kier alpha value is -0.0600. The molecule has 0 aliphatic carbocycles. The molecule has 0 atom stereocenters. The molecule has 0 fully saturated rings. The molecule has 0 unspecified atom stereocenters. The molecule has 0 saturated carbocycles. The maximum atomic E-state index is 4.87. The zero-order valence-corrected chi connectivity index (χ0v) is 15.9. The van der Waals surface area contributed by atoms with Gasteiger partial charge in [-0.1, -0.05) is 34.6 Å². The first-order chi connectivity index (χ1) is 8.98. The van der Waals surface area contributed by atoms with Crippen molar-refractivity contribution in [1.82, 2.24) is 10.3 Å². The minimum absolute atomic E-state index is 0.151. The van der Waals surface area contributed by atoms with Crippen molar-refractivity contribution in [3.8, 4) is 0 Å². The van der Waals surface area contributed by atoms with Crippen LogP contribution in [0.15, 0.2) is 0 Å². The van der Waals surface area contributed by atoms with Crippen LogP contribution in [-0.4, -0.2) is 15.3 Å². The summed E-state index contributed by atoms with van der Waals surface area (Å²) in [6, 6.07) is 0. The van der Waals surface area contributed by atoms with Gasteiger partial charge in [-0.3, -0.25) is 0 Å². The quantitative estimate of drug-likeness (QED) is 0.810. The summed E-state index contributed by atoms with van der Waals surface area (Å²) < 4.78 is 0.299. The van der Waals surface area contributed by atoms with Crippen molar-refractivity contribution in [1.29, 1.82) is 0 Å². The first kappa shape index (κ1) is 18.0. The van der Waals surface area contributed by atoms with E-state index in [0.29, 0.717) is 10.7 Å². The minimum atomic E-state index is 0.151. The summed E-state index contributed by atoms with van der Waals surface area (Å²) in [6.07, 6.45) is 0. The molecule has 1 rings (SSSR count). The molecule has 1 heterocycles. The van der Waals surface area contributed by atoms with Crippen LogP contribution in [-0.2, 0) is 12.3 Å². The number of nitrogens with zero attached hydrogens (tertiary/aromatic N) is 1. The van der Waals surface area contributed by atoms with Crippen molar-refractivity contribution in [2.75, 3.05) is 0 Å². The standard InChI is InChI=1S/C16H30N2S2/c1-11(2)14-12(9-17-15(3,4)5)20-13(18-14)10-19-16(6,7)8/h11,17H,9-10H2,1-8H3. The second-order valence-electron chi connectivity index (χ2n) is 7.58. The van der Waals surface area contributed by atoms with Gasteiger partial charge in [-0.2, -0.15) is 0 Å². The molecule has 0 aliphatic heterocycles. The summed E-state index contributed by atoms with van der Waals surface area (Å²) in [4.78, 5) is 6.27. The molecule has 0 bridgehead atoms. The fourth-order valence-electron chi connectivity index (χ4n) is 1.68. The molecule has 20 heavy (non-hydrogen) atoms. The lowest BCUT2D eigenvalue weighted by atomic mass is 10.1. The normalized spacial score (nSPS) is 13.2. The van der Waals surface area contributed by atoms with Gasteiger partial charge in [-0.15, -0.1) is 23.1 Å². The van der Waals surface area contributed by atoms with Crippen molar-refractivity contribution in [3.05, 3.63) is 15.6 Å². The largest absolute Gasteiger partial charge is 0.307 e. The molecule has 0 aliphatic rings. The number of nitrogens with one attached hydrogen (secondary N) is 1. The van der Waals surface area contributed by atoms with E-state index in [2.05, 4.69) is 60.7 Å². The molecule has 0 saturated heterocycles. The Labute approximate surface area is 133 Å². The van der Waals surface area contributed by atoms with E-state index in [1.54, 1.807) is 0 Å². The van der Waals surface area contributed by atoms with Crippen LogP contribution in [0.1, 0.15) is 76.9 Å². The van der Waals surface area contributed by atoms with Gasteiger partial charge in [0.25, 0.3) is 0 Å². The highest BCUT2D eigenvalue weighted by atomic mass is 32.2. The van der Waals surface area contributed by atoms with E-state index in [0.717, 1.165) is 12.3 Å². The Balaban J connectivity index is 2.80. The van der Waals surface area contributed by atoms with Crippen molar-refractivity contribution in [3.63, 3.8) is 0 Å². The van der Waals surface area contributed by atoms with E-state index in [1.165, 1.54) is 15.6 Å². The number of rotatable bonds is 5. The summed E-state index contributed by atoms with van der Waals surface area (Å²) in [7, 11) is 0. The van der Waals surface area contributed by atoms with Gasteiger partial charge < -0.3 is 5.32 Å². The van der Waals surface area contributed by atoms with Gasteiger partial charge >= 0.3 is 0 Å². The van der Waals surface area contributed by atoms with Gasteiger partial charge in [0.1, 0.15) is 5.01 Å². The molecule has 4 heteroatoms. The molecule has 1 aromatic rings. The lowest BCUT2D eigenvalue weighted by Crippen LogP contribution is -2.35. The Morgan fingerprint density at radius 1 is 1.15 bits per heavy atom. The van der Waals surface area contributed by atoms with E-state index < -0.39 is 0 Å². The highest BCUT2D eigenvalue weighted by Gasteiger charge is 2.18. The van der Waals surface area contributed by atoms with E-state index in [4.69, 9.17) is 4.98 Å². The van der Waals surface area contributed by atoms with E-state index >= 15 is 0 Å². The molecular formula is C16H30N2S2. The smallest absolute Gasteiger partial charge is 0.103 e. The fourth-order valence-corrected chi connectivity index (χ4v) is 3.67. The first-order valence-corrected chi connectivity index (χ1v) is 9.15. The molecule has 116 valence electrons. The third-order valence-electron chi connectivity index (χ3n) is 2.73. The van der Waals surface area contributed by atoms with Gasteiger partial charge in [-0.25, -0.2) is 4.98 Å². The summed E-state index contributed by atoms with van der Waals surface area (Å²) in [6.45, 7) is 18.8. The average molecular weight is 315 g/mol. The SMILES string of the molecule is CC(C)c1nc(CSC(C)(C)C)sc1CNC(C)(C)C. The maximum Gasteiger partial charge on any atom is 0.103 e. The van der Waals surface area contributed by atoms with Gasteiger partial charge in [0.15, 0.2) is 0 Å². The van der Waals surface area contributed by atoms with E-state index in [9.17, 15) is 0 Å². The molecule has 1 aromatic heterocycles. The Bertz CT molecular complexity index is 423. The molecular weight excluding hydrogens is 284 g/mol. The summed E-state index contributed by atoms with van der Waals surface area (Å²) in [5.41, 5.74) is 1.43. The van der Waals surface area contributed by atoms with Crippen LogP contribution in [0.3, 0.4) is 0 Å². The third kappa shape index (κ3) is 6.59. The van der Waals surface area contributed by atoms with Gasteiger partial charge in [0.05, 0.1) is 5.69 Å². The maximum absolute atomic E-state index is 4.87. The zero-order chi connectivity index (χ0) is 15.6. The second-order valence-corrected chi connectivity index (χ2v) is 10.5. The topological polar surface area (TPSA) is 24.9 Å². The van der Waals surface area contributed by atoms with Crippen LogP contribution in [0.4, 0.5) is 0 Å². The van der Waals surface area contributed by atoms with Crippen LogP contribution in [0.25, 0.3) is 0 Å². The highest BCUT2D eigenvalue weighted by Crippen LogP contribution is 2.32. The number of aromatic nitrogens is 1. The van der Waals surface area contributed by atoms with Crippen molar-refractivity contribution in [2.45, 2.75) is 83.9 Å². The zero-order valence-electron chi connectivity index (χ0n) is 14.3. The molecule has 0 radical (unpaired) electrons. The van der Waals surface area contributed by atoms with Crippen molar-refractivity contribution < 1.29 is 0 Å². The van der Waals surface area contributed by atoms with E-state index in [1.807, 2.05) is 23.1 Å². The lowest BCUT2D eigenvalue weighted by Gasteiger charge is -2.20. The molecule has 2 nitrogen and oxygen atoms in total. The van der Waals surface area contributed by atoms with E-state index in [-0.39, 0.29) is 5.54 Å². The number of thiazole rings is 1. The van der Waals surface area contributed by atoms with Crippen LogP contribution >= 0.6 is 23.1 Å². The van der Waals surface area contributed by atoms with Crippen molar-refractivity contribution in [2.24, 2.45) is 0 Å². The summed E-state index contributed by atoms with van der Waals surface area (Å²) in [5, 5.41) is 4.85. The van der Waals surface area contributed by atoms with Gasteiger partial charge in [-0.05, 0) is 26.7 Å². The Kier molecular flexibility index (Phi) is 6.12. The summed E-state index contributed by atoms with van der Waals surface area (Å²) in [5.74, 6) is 1.51. The van der Waals surface area contributed by atoms with Crippen LogP contribution in [0.2, 0.25) is 0 Å². The number of thioether (sulfide) groups is 1. The second kappa shape index (κ2) is 6.80. The van der Waals surface area contributed by atoms with Gasteiger partial charge in [0.2, 0.25) is 0 Å². The fraction of sp³-hybridized carbons (Fsp3) is 0.812.